The third kappa shape index (κ3) is 6.03. The zero-order valence-electron chi connectivity index (χ0n) is 14.0. The van der Waals surface area contributed by atoms with E-state index >= 15 is 0 Å². The number of benzene rings is 2. The zero-order chi connectivity index (χ0) is 20.0. The van der Waals surface area contributed by atoms with E-state index in [-0.39, 0.29) is 17.1 Å². The quantitative estimate of drug-likeness (QED) is 0.401. The number of hydrogen-bond acceptors (Lipinski definition) is 6. The molecule has 0 bridgehead atoms. The van der Waals surface area contributed by atoms with Gasteiger partial charge in [-0.25, -0.2) is 9.18 Å². The van der Waals surface area contributed by atoms with Gasteiger partial charge in [0.05, 0.1) is 9.40 Å². The number of carbonyl (C=O) groups is 2. The number of nitro benzene ring substituents is 1. The largest absolute Gasteiger partial charge is 0.481 e. The van der Waals surface area contributed by atoms with Crippen molar-refractivity contribution in [3.05, 3.63) is 62.4 Å². The van der Waals surface area contributed by atoms with Gasteiger partial charge < -0.3 is 14.8 Å². The molecule has 1 N–H and O–H groups in total. The highest BCUT2D eigenvalue weighted by Crippen LogP contribution is 2.25. The highest BCUT2D eigenvalue weighted by Gasteiger charge is 2.14. The topological polar surface area (TPSA) is 108 Å². The maximum absolute atomic E-state index is 13.0. The van der Waals surface area contributed by atoms with Crippen molar-refractivity contribution in [3.8, 4) is 5.75 Å². The minimum atomic E-state index is -0.809. The lowest BCUT2D eigenvalue weighted by molar-refractivity contribution is -0.385. The normalized spacial score (nSPS) is 10.2. The van der Waals surface area contributed by atoms with Crippen LogP contribution in [0.5, 0.6) is 5.75 Å². The van der Waals surface area contributed by atoms with E-state index < -0.39 is 35.8 Å². The number of hydrogen-bond donors (Lipinski definition) is 1. The van der Waals surface area contributed by atoms with Crippen LogP contribution in [0.1, 0.15) is 5.56 Å². The molecule has 0 spiro atoms. The van der Waals surface area contributed by atoms with Gasteiger partial charge in [0.2, 0.25) is 0 Å². The summed E-state index contributed by atoms with van der Waals surface area (Å²) < 4.78 is 23.2. The standard InChI is InChI=1S/C17H14BrFN2O6/c1-10-2-4-12(7-14(10)21(24)25)20-16(22)8-27-17(23)9-26-15-5-3-11(19)6-13(15)18/h2-7H,8-9H2,1H3,(H,20,22). The molecule has 0 saturated carbocycles. The molecular weight excluding hydrogens is 427 g/mol. The second-order valence-electron chi connectivity index (χ2n) is 5.33. The van der Waals surface area contributed by atoms with E-state index in [9.17, 15) is 24.1 Å². The molecular formula is C17H14BrFN2O6. The molecule has 0 atom stereocenters. The van der Waals surface area contributed by atoms with Crippen LogP contribution in [0.2, 0.25) is 0 Å². The van der Waals surface area contributed by atoms with Crippen LogP contribution in [0, 0.1) is 22.9 Å². The number of amides is 1. The molecule has 0 radical (unpaired) electrons. The predicted molar refractivity (Wildman–Crippen MR) is 97.0 cm³/mol. The average Bonchev–Trinajstić information content (AvgIpc) is 2.60. The number of aryl methyl sites for hydroxylation is 1. The minimum Gasteiger partial charge on any atom is -0.481 e. The molecule has 1 amide bonds. The van der Waals surface area contributed by atoms with Gasteiger partial charge >= 0.3 is 5.97 Å². The van der Waals surface area contributed by atoms with Crippen LogP contribution in [0.3, 0.4) is 0 Å². The number of nitrogens with zero attached hydrogens (tertiary/aromatic N) is 1. The third-order valence-electron chi connectivity index (χ3n) is 3.29. The highest BCUT2D eigenvalue weighted by atomic mass is 79.9. The number of carbonyl (C=O) groups excluding carboxylic acids is 2. The van der Waals surface area contributed by atoms with E-state index in [0.717, 1.165) is 0 Å². The second kappa shape index (κ2) is 9.08. The van der Waals surface area contributed by atoms with Gasteiger partial charge in [-0.15, -0.1) is 0 Å². The van der Waals surface area contributed by atoms with Crippen molar-refractivity contribution in [2.24, 2.45) is 0 Å². The van der Waals surface area contributed by atoms with E-state index in [0.29, 0.717) is 10.0 Å². The molecule has 0 unspecified atom stereocenters. The Bertz CT molecular complexity index is 890. The zero-order valence-corrected chi connectivity index (χ0v) is 15.6. The van der Waals surface area contributed by atoms with Crippen molar-refractivity contribution in [3.63, 3.8) is 0 Å². The van der Waals surface area contributed by atoms with Crippen LogP contribution in [-0.2, 0) is 14.3 Å². The molecule has 2 rings (SSSR count). The van der Waals surface area contributed by atoms with E-state index in [2.05, 4.69) is 21.2 Å². The molecule has 142 valence electrons. The van der Waals surface area contributed by atoms with Crippen LogP contribution in [0.15, 0.2) is 40.9 Å². The Balaban J connectivity index is 1.82. The summed E-state index contributed by atoms with van der Waals surface area (Å²) in [6.07, 6.45) is 0. The molecule has 0 aliphatic carbocycles. The summed E-state index contributed by atoms with van der Waals surface area (Å²) in [4.78, 5) is 33.8. The van der Waals surface area contributed by atoms with E-state index in [1.165, 1.54) is 36.4 Å². The third-order valence-corrected chi connectivity index (χ3v) is 3.91. The van der Waals surface area contributed by atoms with Crippen molar-refractivity contribution >= 4 is 39.2 Å². The first-order valence-electron chi connectivity index (χ1n) is 7.54. The number of nitrogens with one attached hydrogen (secondary N) is 1. The minimum absolute atomic E-state index is 0.136. The Kier molecular flexibility index (Phi) is 6.83. The fourth-order valence-electron chi connectivity index (χ4n) is 2.00. The SMILES string of the molecule is Cc1ccc(NC(=O)COC(=O)COc2ccc(F)cc2Br)cc1[N+](=O)[O-]. The number of anilines is 1. The first-order chi connectivity index (χ1) is 12.8. The lowest BCUT2D eigenvalue weighted by Crippen LogP contribution is -2.23. The van der Waals surface area contributed by atoms with Crippen LogP contribution in [-0.4, -0.2) is 30.0 Å². The van der Waals surface area contributed by atoms with Crippen LogP contribution >= 0.6 is 15.9 Å². The summed E-state index contributed by atoms with van der Waals surface area (Å²) in [5.74, 6) is -1.70. The fourth-order valence-corrected chi connectivity index (χ4v) is 2.46. The molecule has 8 nitrogen and oxygen atoms in total. The summed E-state index contributed by atoms with van der Waals surface area (Å²) in [5.41, 5.74) is 0.524. The Labute approximate surface area is 161 Å². The van der Waals surface area contributed by atoms with Gasteiger partial charge in [0.1, 0.15) is 11.6 Å². The molecule has 27 heavy (non-hydrogen) atoms. The van der Waals surface area contributed by atoms with Gasteiger partial charge in [-0.1, -0.05) is 6.07 Å². The first-order valence-corrected chi connectivity index (χ1v) is 8.34. The number of ether oxygens (including phenoxy) is 2. The molecule has 0 aromatic heterocycles. The maximum atomic E-state index is 13.0. The van der Waals surface area contributed by atoms with Crippen molar-refractivity contribution in [2.45, 2.75) is 6.92 Å². The van der Waals surface area contributed by atoms with Crippen LogP contribution in [0.4, 0.5) is 15.8 Å². The molecule has 0 heterocycles. The lowest BCUT2D eigenvalue weighted by atomic mass is 10.2. The summed E-state index contributed by atoms with van der Waals surface area (Å²) in [6.45, 7) is 0.507. The lowest BCUT2D eigenvalue weighted by Gasteiger charge is -2.09. The Hall–Kier alpha value is -3.01. The average molecular weight is 441 g/mol. The maximum Gasteiger partial charge on any atom is 0.344 e. The van der Waals surface area contributed by atoms with Crippen molar-refractivity contribution in [1.29, 1.82) is 0 Å². The van der Waals surface area contributed by atoms with Gasteiger partial charge in [-0.3, -0.25) is 14.9 Å². The molecule has 2 aromatic rings. The molecule has 0 saturated heterocycles. The summed E-state index contributed by atoms with van der Waals surface area (Å²) >= 11 is 3.09. The van der Waals surface area contributed by atoms with Crippen molar-refractivity contribution in [2.75, 3.05) is 18.5 Å². The van der Waals surface area contributed by atoms with Crippen LogP contribution in [0.25, 0.3) is 0 Å². The van der Waals surface area contributed by atoms with E-state index in [1.54, 1.807) is 6.92 Å². The van der Waals surface area contributed by atoms with Crippen LogP contribution < -0.4 is 10.1 Å². The molecule has 0 aliphatic heterocycles. The molecule has 0 fully saturated rings. The van der Waals surface area contributed by atoms with Crippen molar-refractivity contribution in [1.82, 2.24) is 0 Å². The smallest absolute Gasteiger partial charge is 0.344 e. The van der Waals surface area contributed by atoms with Gasteiger partial charge in [0.15, 0.2) is 13.2 Å². The number of halogens is 2. The second-order valence-corrected chi connectivity index (χ2v) is 6.18. The Morgan fingerprint density at radius 2 is 1.96 bits per heavy atom. The monoisotopic (exact) mass is 440 g/mol. The van der Waals surface area contributed by atoms with Gasteiger partial charge in [-0.2, -0.15) is 0 Å². The number of rotatable bonds is 7. The molecule has 0 aliphatic rings. The molecule has 10 heteroatoms. The Morgan fingerprint density at radius 1 is 1.22 bits per heavy atom. The first kappa shape index (κ1) is 20.3. The summed E-state index contributed by atoms with van der Waals surface area (Å²) in [5, 5.41) is 13.3. The number of esters is 1. The van der Waals surface area contributed by atoms with Crippen molar-refractivity contribution < 1.29 is 28.4 Å². The van der Waals surface area contributed by atoms with E-state index in [4.69, 9.17) is 9.47 Å². The predicted octanol–water partition coefficient (Wildman–Crippen LogP) is 3.37. The summed E-state index contributed by atoms with van der Waals surface area (Å²) in [7, 11) is 0. The highest BCUT2D eigenvalue weighted by molar-refractivity contribution is 9.10. The van der Waals surface area contributed by atoms with Gasteiger partial charge in [-0.05, 0) is 47.1 Å². The fraction of sp³-hybridized carbons (Fsp3) is 0.176. The van der Waals surface area contributed by atoms with Gasteiger partial charge in [0.25, 0.3) is 11.6 Å². The Morgan fingerprint density at radius 3 is 2.63 bits per heavy atom. The number of nitro groups is 1. The summed E-state index contributed by atoms with van der Waals surface area (Å²) in [6, 6.07) is 7.88. The molecule has 2 aromatic carbocycles. The van der Waals surface area contributed by atoms with Gasteiger partial charge in [0, 0.05) is 17.3 Å². The van der Waals surface area contributed by atoms with E-state index in [1.807, 2.05) is 0 Å².